The topological polar surface area (TPSA) is 84.6 Å². The third-order valence-electron chi connectivity index (χ3n) is 4.12. The van der Waals surface area contributed by atoms with Gasteiger partial charge in [0, 0.05) is 18.6 Å². The Kier molecular flexibility index (Phi) is 3.26. The molecule has 1 amide bonds. The minimum Gasteiger partial charge on any atom is -0.378 e. The lowest BCUT2D eigenvalue weighted by Crippen LogP contribution is -2.69. The Bertz CT molecular complexity index is 465. The zero-order valence-corrected chi connectivity index (χ0v) is 10.5. The smallest absolute Gasteiger partial charge is 0.253 e. The number of nitrogens with one attached hydrogen (secondary N) is 1. The molecule has 3 rings (SSSR count). The van der Waals surface area contributed by atoms with E-state index in [0.29, 0.717) is 18.1 Å². The van der Waals surface area contributed by atoms with Crippen molar-refractivity contribution in [2.24, 2.45) is 11.7 Å². The van der Waals surface area contributed by atoms with Gasteiger partial charge >= 0.3 is 0 Å². The maximum absolute atomic E-state index is 12.0. The number of aliphatic hydroxyl groups is 1. The Morgan fingerprint density at radius 2 is 2.16 bits per heavy atom. The predicted octanol–water partition coefficient (Wildman–Crippen LogP) is -0.0492. The van der Waals surface area contributed by atoms with Gasteiger partial charge in [-0.3, -0.25) is 4.79 Å². The van der Waals surface area contributed by atoms with Gasteiger partial charge in [-0.15, -0.1) is 0 Å². The van der Waals surface area contributed by atoms with Crippen molar-refractivity contribution < 1.29 is 14.6 Å². The standard InChI is InChI=1S/C14H18N2O3/c15-10-9-6-7-19-13(9)11(10)16-14(18)12(17)8-4-2-1-3-5-8/h1-5,9-13,17H,6-7,15H2,(H,16,18). The fraction of sp³-hybridized carbons (Fsp3) is 0.500. The first kappa shape index (κ1) is 12.6. The molecule has 5 atom stereocenters. The van der Waals surface area contributed by atoms with E-state index in [9.17, 15) is 9.90 Å². The van der Waals surface area contributed by atoms with Crippen molar-refractivity contribution in [2.75, 3.05) is 6.61 Å². The van der Waals surface area contributed by atoms with Crippen LogP contribution in [0.5, 0.6) is 0 Å². The molecule has 1 aromatic carbocycles. The van der Waals surface area contributed by atoms with Gasteiger partial charge in [0.05, 0.1) is 12.1 Å². The number of aliphatic hydroxyl groups excluding tert-OH is 1. The van der Waals surface area contributed by atoms with Crippen molar-refractivity contribution in [3.63, 3.8) is 0 Å². The van der Waals surface area contributed by atoms with Crippen LogP contribution in [0.25, 0.3) is 0 Å². The molecular weight excluding hydrogens is 244 g/mol. The molecule has 2 fully saturated rings. The van der Waals surface area contributed by atoms with E-state index in [1.807, 2.05) is 6.07 Å². The molecule has 4 N–H and O–H groups in total. The Balaban J connectivity index is 1.63. The Morgan fingerprint density at radius 3 is 2.89 bits per heavy atom. The summed E-state index contributed by atoms with van der Waals surface area (Å²) < 4.78 is 5.54. The summed E-state index contributed by atoms with van der Waals surface area (Å²) >= 11 is 0. The average Bonchev–Trinajstić information content (AvgIpc) is 2.89. The highest BCUT2D eigenvalue weighted by molar-refractivity contribution is 5.82. The molecule has 1 aromatic rings. The van der Waals surface area contributed by atoms with Crippen molar-refractivity contribution in [3.05, 3.63) is 35.9 Å². The van der Waals surface area contributed by atoms with Crippen LogP contribution in [0.3, 0.4) is 0 Å². The molecule has 0 radical (unpaired) electrons. The maximum atomic E-state index is 12.0. The van der Waals surface area contributed by atoms with Crippen molar-refractivity contribution in [1.29, 1.82) is 0 Å². The quantitative estimate of drug-likeness (QED) is 0.713. The van der Waals surface area contributed by atoms with E-state index in [4.69, 9.17) is 10.5 Å². The normalized spacial score (nSPS) is 34.2. The number of carbonyl (C=O) groups excluding carboxylic acids is 1. The van der Waals surface area contributed by atoms with Crippen LogP contribution in [-0.2, 0) is 9.53 Å². The fourth-order valence-corrected chi connectivity index (χ4v) is 2.96. The summed E-state index contributed by atoms with van der Waals surface area (Å²) in [4.78, 5) is 12.0. The van der Waals surface area contributed by atoms with Crippen molar-refractivity contribution in [2.45, 2.75) is 30.7 Å². The second kappa shape index (κ2) is 4.92. The highest BCUT2D eigenvalue weighted by atomic mass is 16.5. The number of carbonyl (C=O) groups is 1. The van der Waals surface area contributed by atoms with E-state index in [2.05, 4.69) is 5.32 Å². The molecule has 5 heteroatoms. The van der Waals surface area contributed by atoms with E-state index in [1.54, 1.807) is 24.3 Å². The van der Waals surface area contributed by atoms with Gasteiger partial charge in [-0.05, 0) is 12.0 Å². The Labute approximate surface area is 111 Å². The van der Waals surface area contributed by atoms with Crippen LogP contribution >= 0.6 is 0 Å². The molecule has 1 saturated carbocycles. The van der Waals surface area contributed by atoms with Gasteiger partial charge in [0.1, 0.15) is 0 Å². The highest BCUT2D eigenvalue weighted by Gasteiger charge is 2.52. The minimum absolute atomic E-state index is 0.0157. The van der Waals surface area contributed by atoms with Crippen LogP contribution in [0.4, 0.5) is 0 Å². The van der Waals surface area contributed by atoms with Crippen LogP contribution in [0, 0.1) is 5.92 Å². The summed E-state index contributed by atoms with van der Waals surface area (Å²) in [5.74, 6) is -0.0697. The molecule has 0 spiro atoms. The third-order valence-corrected chi connectivity index (χ3v) is 4.12. The fourth-order valence-electron chi connectivity index (χ4n) is 2.96. The number of rotatable bonds is 3. The number of benzene rings is 1. The van der Waals surface area contributed by atoms with Crippen molar-refractivity contribution >= 4 is 5.91 Å². The van der Waals surface area contributed by atoms with Gasteiger partial charge in [-0.25, -0.2) is 0 Å². The first-order valence-corrected chi connectivity index (χ1v) is 6.59. The lowest BCUT2D eigenvalue weighted by molar-refractivity contribution is -0.134. The second-order valence-corrected chi connectivity index (χ2v) is 5.21. The average molecular weight is 262 g/mol. The summed E-state index contributed by atoms with van der Waals surface area (Å²) in [5.41, 5.74) is 6.60. The number of amides is 1. The summed E-state index contributed by atoms with van der Waals surface area (Å²) in [6.07, 6.45) is -0.185. The predicted molar refractivity (Wildman–Crippen MR) is 69.2 cm³/mol. The van der Waals surface area contributed by atoms with E-state index < -0.39 is 12.0 Å². The van der Waals surface area contributed by atoms with E-state index in [1.165, 1.54) is 0 Å². The van der Waals surface area contributed by atoms with Gasteiger partial charge in [-0.1, -0.05) is 30.3 Å². The first-order valence-electron chi connectivity index (χ1n) is 6.59. The molecule has 1 heterocycles. The van der Waals surface area contributed by atoms with Crippen LogP contribution in [0.2, 0.25) is 0 Å². The van der Waals surface area contributed by atoms with E-state index in [-0.39, 0.29) is 18.2 Å². The molecule has 19 heavy (non-hydrogen) atoms. The Morgan fingerprint density at radius 1 is 1.42 bits per heavy atom. The monoisotopic (exact) mass is 262 g/mol. The van der Waals surface area contributed by atoms with E-state index in [0.717, 1.165) is 6.42 Å². The number of hydrogen-bond donors (Lipinski definition) is 3. The van der Waals surface area contributed by atoms with Gasteiger partial charge in [0.15, 0.2) is 6.10 Å². The van der Waals surface area contributed by atoms with Gasteiger partial charge in [0.25, 0.3) is 5.91 Å². The molecule has 0 bridgehead atoms. The summed E-state index contributed by atoms with van der Waals surface area (Å²) in [6, 6.07) is 8.61. The number of nitrogens with two attached hydrogens (primary N) is 1. The zero-order valence-electron chi connectivity index (χ0n) is 10.5. The third kappa shape index (κ3) is 2.14. The van der Waals surface area contributed by atoms with E-state index >= 15 is 0 Å². The molecule has 0 aromatic heterocycles. The summed E-state index contributed by atoms with van der Waals surface area (Å²) in [7, 11) is 0. The first-order chi connectivity index (χ1) is 9.18. The number of hydrogen-bond acceptors (Lipinski definition) is 4. The SMILES string of the molecule is NC1C2CCOC2C1NC(=O)C(O)c1ccccc1. The second-order valence-electron chi connectivity index (χ2n) is 5.21. The summed E-state index contributed by atoms with van der Waals surface area (Å²) in [5, 5.41) is 12.8. The Hall–Kier alpha value is -1.43. The number of ether oxygens (including phenoxy) is 1. The molecule has 5 nitrogen and oxygen atoms in total. The molecule has 1 aliphatic carbocycles. The summed E-state index contributed by atoms with van der Waals surface area (Å²) in [6.45, 7) is 0.705. The van der Waals surface area contributed by atoms with Crippen LogP contribution in [0.15, 0.2) is 30.3 Å². The molecule has 5 unspecified atom stereocenters. The maximum Gasteiger partial charge on any atom is 0.253 e. The number of fused-ring (bicyclic) bond motifs is 1. The lowest BCUT2D eigenvalue weighted by Gasteiger charge is -2.45. The van der Waals surface area contributed by atoms with Crippen LogP contribution in [0.1, 0.15) is 18.1 Å². The largest absolute Gasteiger partial charge is 0.378 e. The van der Waals surface area contributed by atoms with Crippen LogP contribution < -0.4 is 11.1 Å². The molecule has 1 saturated heterocycles. The van der Waals surface area contributed by atoms with Crippen molar-refractivity contribution in [3.8, 4) is 0 Å². The van der Waals surface area contributed by atoms with Gasteiger partial charge < -0.3 is 20.9 Å². The van der Waals surface area contributed by atoms with Gasteiger partial charge in [-0.2, -0.15) is 0 Å². The lowest BCUT2D eigenvalue weighted by atomic mass is 9.72. The molecular formula is C14H18N2O3. The highest BCUT2D eigenvalue weighted by Crippen LogP contribution is 2.37. The molecule has 102 valence electrons. The van der Waals surface area contributed by atoms with Crippen molar-refractivity contribution in [1.82, 2.24) is 5.32 Å². The zero-order chi connectivity index (χ0) is 13.4. The van der Waals surface area contributed by atoms with Gasteiger partial charge in [0.2, 0.25) is 0 Å². The molecule has 1 aliphatic heterocycles. The molecule has 2 aliphatic rings. The van der Waals surface area contributed by atoms with Crippen LogP contribution in [-0.4, -0.2) is 35.8 Å². The minimum atomic E-state index is -1.16.